The molecule has 0 unspecified atom stereocenters. The van der Waals surface area contributed by atoms with E-state index in [1.165, 1.54) is 13.0 Å². The fourth-order valence-electron chi connectivity index (χ4n) is 1.31. The lowest BCUT2D eigenvalue weighted by molar-refractivity contribution is 0.101. The Morgan fingerprint density at radius 1 is 1.36 bits per heavy atom. The molecule has 0 bridgehead atoms. The molecule has 1 aromatic rings. The first kappa shape index (κ1) is 8.99. The zero-order valence-corrected chi connectivity index (χ0v) is 7.67. The molecule has 0 saturated carbocycles. The topological polar surface area (TPSA) is 35.5 Å². The van der Waals surface area contributed by atoms with Crippen molar-refractivity contribution in [3.63, 3.8) is 0 Å². The van der Waals surface area contributed by atoms with Crippen molar-refractivity contribution in [2.24, 2.45) is 0 Å². The highest BCUT2D eigenvalue weighted by atomic mass is 19.1. The number of carbonyl (C=O) groups is 1. The molecule has 0 radical (unpaired) electrons. The number of hydrogen-bond donors (Lipinski definition) is 0. The van der Waals surface area contributed by atoms with Crippen molar-refractivity contribution in [2.45, 2.75) is 6.92 Å². The number of ether oxygens (including phenoxy) is 2. The van der Waals surface area contributed by atoms with Crippen LogP contribution in [-0.2, 0) is 0 Å². The lowest BCUT2D eigenvalue weighted by Gasteiger charge is -2.19. The van der Waals surface area contributed by atoms with Crippen LogP contribution in [0.25, 0.3) is 0 Å². The summed E-state index contributed by atoms with van der Waals surface area (Å²) in [4.78, 5) is 11.0. The summed E-state index contributed by atoms with van der Waals surface area (Å²) in [5, 5.41) is 0. The van der Waals surface area contributed by atoms with Gasteiger partial charge in [-0.15, -0.1) is 0 Å². The third kappa shape index (κ3) is 1.43. The number of halogens is 1. The van der Waals surface area contributed by atoms with Gasteiger partial charge in [0.15, 0.2) is 23.1 Å². The van der Waals surface area contributed by atoms with Crippen molar-refractivity contribution in [1.82, 2.24) is 0 Å². The van der Waals surface area contributed by atoms with E-state index >= 15 is 0 Å². The first-order valence-electron chi connectivity index (χ1n) is 4.28. The van der Waals surface area contributed by atoms with Crippen LogP contribution in [0.5, 0.6) is 11.5 Å². The van der Waals surface area contributed by atoms with Gasteiger partial charge in [0.2, 0.25) is 0 Å². The van der Waals surface area contributed by atoms with Crippen LogP contribution in [0.2, 0.25) is 0 Å². The van der Waals surface area contributed by atoms with Crippen molar-refractivity contribution >= 4 is 5.78 Å². The van der Waals surface area contributed by atoms with E-state index in [0.717, 1.165) is 6.07 Å². The first-order valence-corrected chi connectivity index (χ1v) is 4.28. The van der Waals surface area contributed by atoms with Gasteiger partial charge in [-0.1, -0.05) is 0 Å². The number of rotatable bonds is 1. The zero-order chi connectivity index (χ0) is 10.1. The average molecular weight is 196 g/mol. The first-order chi connectivity index (χ1) is 6.68. The van der Waals surface area contributed by atoms with E-state index in [9.17, 15) is 9.18 Å². The number of benzene rings is 1. The van der Waals surface area contributed by atoms with Crippen LogP contribution in [-0.4, -0.2) is 19.0 Å². The molecule has 1 heterocycles. The molecule has 0 spiro atoms. The SMILES string of the molecule is CC(=O)c1cc(F)c2c(c1)OCCO2. The van der Waals surface area contributed by atoms with Gasteiger partial charge in [0.25, 0.3) is 0 Å². The van der Waals surface area contributed by atoms with Crippen LogP contribution >= 0.6 is 0 Å². The molecule has 74 valence electrons. The maximum Gasteiger partial charge on any atom is 0.197 e. The molecule has 1 aliphatic heterocycles. The monoisotopic (exact) mass is 196 g/mol. The lowest BCUT2D eigenvalue weighted by atomic mass is 10.1. The number of hydrogen-bond acceptors (Lipinski definition) is 3. The Hall–Kier alpha value is -1.58. The summed E-state index contributed by atoms with van der Waals surface area (Å²) in [5.74, 6) is -0.337. The maximum atomic E-state index is 13.3. The van der Waals surface area contributed by atoms with Gasteiger partial charge in [-0.2, -0.15) is 0 Å². The molecule has 0 aromatic heterocycles. The summed E-state index contributed by atoms with van der Waals surface area (Å²) in [6.07, 6.45) is 0. The van der Waals surface area contributed by atoms with Gasteiger partial charge in [0.05, 0.1) is 0 Å². The molecule has 0 N–H and O–H groups in total. The molecular formula is C10H9FO3. The van der Waals surface area contributed by atoms with E-state index in [2.05, 4.69) is 0 Å². The van der Waals surface area contributed by atoms with Crippen molar-refractivity contribution in [3.8, 4) is 11.5 Å². The molecule has 3 nitrogen and oxygen atoms in total. The predicted molar refractivity (Wildman–Crippen MR) is 47.4 cm³/mol. The summed E-state index contributed by atoms with van der Waals surface area (Å²) in [6, 6.07) is 2.66. The summed E-state index contributed by atoms with van der Waals surface area (Å²) in [6.45, 7) is 2.10. The molecular weight excluding hydrogens is 187 g/mol. The van der Waals surface area contributed by atoms with Crippen LogP contribution < -0.4 is 9.47 Å². The molecule has 4 heteroatoms. The smallest absolute Gasteiger partial charge is 0.197 e. The quantitative estimate of drug-likeness (QED) is 0.642. The highest BCUT2D eigenvalue weighted by Gasteiger charge is 2.18. The number of carbonyl (C=O) groups excluding carboxylic acids is 1. The fourth-order valence-corrected chi connectivity index (χ4v) is 1.31. The van der Waals surface area contributed by atoms with E-state index < -0.39 is 5.82 Å². The van der Waals surface area contributed by atoms with Crippen molar-refractivity contribution in [3.05, 3.63) is 23.5 Å². The molecule has 14 heavy (non-hydrogen) atoms. The van der Waals surface area contributed by atoms with E-state index in [0.29, 0.717) is 24.5 Å². The van der Waals surface area contributed by atoms with Gasteiger partial charge in [-0.25, -0.2) is 4.39 Å². The number of ketones is 1. The Balaban J connectivity index is 2.51. The molecule has 2 rings (SSSR count). The van der Waals surface area contributed by atoms with E-state index in [4.69, 9.17) is 9.47 Å². The van der Waals surface area contributed by atoms with Crippen LogP contribution in [0.15, 0.2) is 12.1 Å². The van der Waals surface area contributed by atoms with Gasteiger partial charge in [0.1, 0.15) is 13.2 Å². The minimum Gasteiger partial charge on any atom is -0.486 e. The van der Waals surface area contributed by atoms with Gasteiger partial charge >= 0.3 is 0 Å². The summed E-state index contributed by atoms with van der Waals surface area (Å²) in [7, 11) is 0. The molecule has 0 aliphatic carbocycles. The summed E-state index contributed by atoms with van der Waals surface area (Å²) >= 11 is 0. The largest absolute Gasteiger partial charge is 0.486 e. The predicted octanol–water partition coefficient (Wildman–Crippen LogP) is 1.80. The Morgan fingerprint density at radius 3 is 2.79 bits per heavy atom. The van der Waals surface area contributed by atoms with E-state index in [-0.39, 0.29) is 11.5 Å². The third-order valence-corrected chi connectivity index (χ3v) is 2.00. The van der Waals surface area contributed by atoms with Crippen molar-refractivity contribution < 1.29 is 18.7 Å². The highest BCUT2D eigenvalue weighted by Crippen LogP contribution is 2.34. The summed E-state index contributed by atoms with van der Waals surface area (Å²) in [5.41, 5.74) is 0.298. The third-order valence-electron chi connectivity index (χ3n) is 2.00. The van der Waals surface area contributed by atoms with Crippen LogP contribution in [0.4, 0.5) is 4.39 Å². The fraction of sp³-hybridized carbons (Fsp3) is 0.300. The average Bonchev–Trinajstić information content (AvgIpc) is 2.17. The Kier molecular flexibility index (Phi) is 2.11. The van der Waals surface area contributed by atoms with Gasteiger partial charge in [-0.05, 0) is 19.1 Å². The Bertz CT molecular complexity index is 387. The molecule has 0 atom stereocenters. The van der Waals surface area contributed by atoms with Crippen LogP contribution in [0, 0.1) is 5.82 Å². The Morgan fingerprint density at radius 2 is 2.07 bits per heavy atom. The molecule has 0 fully saturated rings. The second-order valence-electron chi connectivity index (χ2n) is 3.04. The number of fused-ring (bicyclic) bond motifs is 1. The van der Waals surface area contributed by atoms with Crippen molar-refractivity contribution in [1.29, 1.82) is 0 Å². The molecule has 0 saturated heterocycles. The van der Waals surface area contributed by atoms with Gasteiger partial charge < -0.3 is 9.47 Å². The van der Waals surface area contributed by atoms with Crippen molar-refractivity contribution in [2.75, 3.05) is 13.2 Å². The van der Waals surface area contributed by atoms with E-state index in [1.54, 1.807) is 0 Å². The zero-order valence-electron chi connectivity index (χ0n) is 7.67. The summed E-state index contributed by atoms with van der Waals surface area (Å²) < 4.78 is 23.6. The second kappa shape index (κ2) is 3.29. The minimum absolute atomic E-state index is 0.0984. The molecule has 1 aromatic carbocycles. The Labute approximate surface area is 80.4 Å². The normalized spacial score (nSPS) is 13.9. The van der Waals surface area contributed by atoms with Gasteiger partial charge in [-0.3, -0.25) is 4.79 Å². The standard InChI is InChI=1S/C10H9FO3/c1-6(12)7-4-8(11)10-9(5-7)13-2-3-14-10/h4-5H,2-3H2,1H3. The van der Waals surface area contributed by atoms with Gasteiger partial charge in [0, 0.05) is 5.56 Å². The number of Topliss-reactive ketones (excluding diaryl/α,β-unsaturated/α-hetero) is 1. The van der Waals surface area contributed by atoms with Crippen LogP contribution in [0.3, 0.4) is 0 Å². The maximum absolute atomic E-state index is 13.3. The lowest BCUT2D eigenvalue weighted by Crippen LogP contribution is -2.17. The highest BCUT2D eigenvalue weighted by molar-refractivity contribution is 5.94. The molecule has 0 amide bonds. The second-order valence-corrected chi connectivity index (χ2v) is 3.04. The minimum atomic E-state index is -0.549. The van der Waals surface area contributed by atoms with Crippen LogP contribution in [0.1, 0.15) is 17.3 Å². The molecule has 1 aliphatic rings. The van der Waals surface area contributed by atoms with E-state index in [1.807, 2.05) is 0 Å².